The Balaban J connectivity index is 1.34. The number of amides is 1. The molecule has 0 saturated carbocycles. The highest BCUT2D eigenvalue weighted by Crippen LogP contribution is 2.35. The van der Waals surface area contributed by atoms with Gasteiger partial charge in [0, 0.05) is 28.9 Å². The van der Waals surface area contributed by atoms with Crippen LogP contribution in [0.25, 0.3) is 28.0 Å². The molecular formula is C27H21ClFN5O3. The highest BCUT2D eigenvalue weighted by atomic mass is 35.5. The van der Waals surface area contributed by atoms with E-state index in [-0.39, 0.29) is 24.0 Å². The normalized spacial score (nSPS) is 15.7. The quantitative estimate of drug-likeness (QED) is 0.344. The topological polar surface area (TPSA) is 96.0 Å². The monoisotopic (exact) mass is 517 g/mol. The molecule has 1 aliphatic rings. The summed E-state index contributed by atoms with van der Waals surface area (Å²) in [4.78, 5) is 31.6. The van der Waals surface area contributed by atoms with Crippen molar-refractivity contribution >= 4 is 28.5 Å². The summed E-state index contributed by atoms with van der Waals surface area (Å²) in [5.41, 5.74) is 4.91. The number of H-pyrrole nitrogens is 2. The highest BCUT2D eigenvalue weighted by Gasteiger charge is 2.36. The number of fused-ring (bicyclic) bond motifs is 1. The van der Waals surface area contributed by atoms with Crippen molar-refractivity contribution in [2.45, 2.75) is 12.6 Å². The van der Waals surface area contributed by atoms with Crippen molar-refractivity contribution in [2.75, 3.05) is 13.2 Å². The molecule has 8 nitrogen and oxygen atoms in total. The number of rotatable bonds is 6. The number of nitrogens with one attached hydrogen (secondary N) is 2. The summed E-state index contributed by atoms with van der Waals surface area (Å²) in [5.74, 6) is -0.484. The van der Waals surface area contributed by atoms with E-state index >= 15 is 0 Å². The molecule has 2 N–H and O–H groups in total. The zero-order chi connectivity index (χ0) is 25.5. The van der Waals surface area contributed by atoms with E-state index in [2.05, 4.69) is 9.97 Å². The maximum atomic E-state index is 13.6. The first kappa shape index (κ1) is 23.2. The molecule has 0 aliphatic carbocycles. The van der Waals surface area contributed by atoms with Crippen molar-refractivity contribution in [3.8, 4) is 16.9 Å². The van der Waals surface area contributed by atoms with Gasteiger partial charge in [-0.2, -0.15) is 5.10 Å². The minimum atomic E-state index is -0.663. The Morgan fingerprint density at radius 1 is 1.00 bits per heavy atom. The van der Waals surface area contributed by atoms with Crippen molar-refractivity contribution in [3.05, 3.63) is 105 Å². The molecule has 3 aromatic carbocycles. The number of benzene rings is 3. The third kappa shape index (κ3) is 4.54. The first-order valence-corrected chi connectivity index (χ1v) is 12.1. The minimum Gasteiger partial charge on any atom is -0.344 e. The zero-order valence-electron chi connectivity index (χ0n) is 19.4. The van der Waals surface area contributed by atoms with Crippen LogP contribution in [0.3, 0.4) is 0 Å². The third-order valence-corrected chi connectivity index (χ3v) is 6.66. The molecule has 1 fully saturated rings. The standard InChI is InChI=1S/C27H21ClFN5O3/c28-18-4-8-20(9-5-18)34-14-21(25(32-34)17-2-6-19(29)7-3-17)26-33(24(35)15-37-26)12-11-16-1-10-22-23(13-16)31-27(36)30-22/h1-10,13-14,26H,11-12,15H2,(H2,30,31,36). The lowest BCUT2D eigenvalue weighted by molar-refractivity contribution is -0.128. The largest absolute Gasteiger partial charge is 0.344 e. The van der Waals surface area contributed by atoms with Crippen molar-refractivity contribution in [1.29, 1.82) is 0 Å². The molecule has 3 heterocycles. The number of carbonyl (C=O) groups excluding carboxylic acids is 1. The Morgan fingerprint density at radius 3 is 2.54 bits per heavy atom. The average Bonchev–Trinajstić information content (AvgIpc) is 3.59. The molecule has 1 atom stereocenters. The van der Waals surface area contributed by atoms with Crippen LogP contribution >= 0.6 is 11.6 Å². The molecule has 0 spiro atoms. The Morgan fingerprint density at radius 2 is 1.76 bits per heavy atom. The van der Waals surface area contributed by atoms with Gasteiger partial charge in [-0.15, -0.1) is 0 Å². The minimum absolute atomic E-state index is 0.0518. The lowest BCUT2D eigenvalue weighted by Crippen LogP contribution is -2.30. The molecule has 37 heavy (non-hydrogen) atoms. The van der Waals surface area contributed by atoms with Gasteiger partial charge in [-0.1, -0.05) is 17.7 Å². The molecule has 1 saturated heterocycles. The molecule has 1 aliphatic heterocycles. The molecule has 2 aromatic heterocycles. The number of aromatic nitrogens is 4. The van der Waals surface area contributed by atoms with E-state index in [0.717, 1.165) is 16.8 Å². The lowest BCUT2D eigenvalue weighted by atomic mass is 10.1. The van der Waals surface area contributed by atoms with Gasteiger partial charge in [0.25, 0.3) is 5.91 Å². The Bertz CT molecular complexity index is 1660. The van der Waals surface area contributed by atoms with E-state index in [9.17, 15) is 14.0 Å². The smallest absolute Gasteiger partial charge is 0.323 e. The number of nitrogens with zero attached hydrogens (tertiary/aromatic N) is 3. The second-order valence-electron chi connectivity index (χ2n) is 8.82. The number of halogens is 2. The first-order chi connectivity index (χ1) is 17.9. The van der Waals surface area contributed by atoms with Crippen LogP contribution in [0.4, 0.5) is 4.39 Å². The summed E-state index contributed by atoms with van der Waals surface area (Å²) in [6.45, 7) is 0.350. The van der Waals surface area contributed by atoms with E-state index in [4.69, 9.17) is 21.4 Å². The maximum absolute atomic E-state index is 13.6. The van der Waals surface area contributed by atoms with Crippen molar-refractivity contribution in [2.24, 2.45) is 0 Å². The molecule has 5 aromatic rings. The molecule has 0 radical (unpaired) electrons. The second-order valence-corrected chi connectivity index (χ2v) is 9.26. The van der Waals surface area contributed by atoms with Crippen LogP contribution in [0, 0.1) is 5.82 Å². The van der Waals surface area contributed by atoms with Crippen LogP contribution < -0.4 is 5.69 Å². The van der Waals surface area contributed by atoms with Crippen LogP contribution in [-0.2, 0) is 16.0 Å². The summed E-state index contributed by atoms with van der Waals surface area (Å²) in [5, 5.41) is 5.37. The average molecular weight is 518 g/mol. The zero-order valence-corrected chi connectivity index (χ0v) is 20.2. The van der Waals surface area contributed by atoms with Gasteiger partial charge in [-0.3, -0.25) is 4.79 Å². The van der Waals surface area contributed by atoms with Crippen LogP contribution in [0.5, 0.6) is 0 Å². The Hall–Kier alpha value is -4.21. The van der Waals surface area contributed by atoms with E-state index in [1.807, 2.05) is 36.5 Å². The van der Waals surface area contributed by atoms with Gasteiger partial charge in [0.2, 0.25) is 0 Å². The van der Waals surface area contributed by atoms with Crippen molar-refractivity contribution < 1.29 is 13.9 Å². The number of imidazole rings is 1. The number of hydrogen-bond donors (Lipinski definition) is 2. The number of carbonyl (C=O) groups is 1. The Labute approximate surface area is 215 Å². The van der Waals surface area contributed by atoms with Crippen LogP contribution in [0.15, 0.2) is 77.7 Å². The number of hydrogen-bond acceptors (Lipinski definition) is 4. The predicted octanol–water partition coefficient (Wildman–Crippen LogP) is 4.60. The van der Waals surface area contributed by atoms with Gasteiger partial charge >= 0.3 is 5.69 Å². The van der Waals surface area contributed by atoms with E-state index in [1.54, 1.807) is 33.8 Å². The van der Waals surface area contributed by atoms with E-state index < -0.39 is 6.23 Å². The molecule has 1 amide bonds. The SMILES string of the molecule is O=C1COC(c2cn(-c3ccc(Cl)cc3)nc2-c2ccc(F)cc2)N1CCc1ccc2[nH]c(=O)[nH]c2c1. The molecule has 10 heteroatoms. The fraction of sp³-hybridized carbons (Fsp3) is 0.148. The van der Waals surface area contributed by atoms with Crippen LogP contribution in [0.1, 0.15) is 17.4 Å². The van der Waals surface area contributed by atoms with Gasteiger partial charge in [-0.25, -0.2) is 13.9 Å². The predicted molar refractivity (Wildman–Crippen MR) is 137 cm³/mol. The van der Waals surface area contributed by atoms with Gasteiger partial charge < -0.3 is 19.6 Å². The summed E-state index contributed by atoms with van der Waals surface area (Å²) >= 11 is 6.06. The fourth-order valence-corrected chi connectivity index (χ4v) is 4.69. The van der Waals surface area contributed by atoms with Crippen LogP contribution in [0.2, 0.25) is 5.02 Å². The van der Waals surface area contributed by atoms with Gasteiger partial charge in [0.15, 0.2) is 6.23 Å². The molecule has 1 unspecified atom stereocenters. The molecular weight excluding hydrogens is 497 g/mol. The van der Waals surface area contributed by atoms with Gasteiger partial charge in [-0.05, 0) is 72.6 Å². The highest BCUT2D eigenvalue weighted by molar-refractivity contribution is 6.30. The lowest BCUT2D eigenvalue weighted by Gasteiger charge is -2.23. The van der Waals surface area contributed by atoms with Crippen molar-refractivity contribution in [3.63, 3.8) is 0 Å². The van der Waals surface area contributed by atoms with Gasteiger partial charge in [0.1, 0.15) is 18.1 Å². The van der Waals surface area contributed by atoms with Crippen LogP contribution in [-0.4, -0.2) is 43.7 Å². The first-order valence-electron chi connectivity index (χ1n) is 11.7. The third-order valence-electron chi connectivity index (χ3n) is 6.41. The molecule has 6 rings (SSSR count). The van der Waals surface area contributed by atoms with Gasteiger partial charge in [0.05, 0.1) is 16.7 Å². The molecule has 0 bridgehead atoms. The fourth-order valence-electron chi connectivity index (χ4n) is 4.56. The Kier molecular flexibility index (Phi) is 5.86. The number of ether oxygens (including phenoxy) is 1. The number of aromatic amines is 2. The van der Waals surface area contributed by atoms with E-state index in [0.29, 0.717) is 40.3 Å². The molecule has 186 valence electrons. The summed E-state index contributed by atoms with van der Waals surface area (Å²) < 4.78 is 21.3. The second kappa shape index (κ2) is 9.34. The maximum Gasteiger partial charge on any atom is 0.323 e. The van der Waals surface area contributed by atoms with Crippen molar-refractivity contribution in [1.82, 2.24) is 24.6 Å². The summed E-state index contributed by atoms with van der Waals surface area (Å²) in [7, 11) is 0. The summed E-state index contributed by atoms with van der Waals surface area (Å²) in [6, 6.07) is 18.9. The van der Waals surface area contributed by atoms with E-state index in [1.165, 1.54) is 12.1 Å². The summed E-state index contributed by atoms with van der Waals surface area (Å²) in [6.07, 6.45) is 1.73.